The van der Waals surface area contributed by atoms with E-state index in [1.54, 1.807) is 24.3 Å². The molecule has 3 rings (SSSR count). The Bertz CT molecular complexity index is 731. The van der Waals surface area contributed by atoms with Crippen LogP contribution < -0.4 is 5.73 Å². The fourth-order valence-electron chi connectivity index (χ4n) is 3.38. The summed E-state index contributed by atoms with van der Waals surface area (Å²) in [5, 5.41) is 0. The lowest BCUT2D eigenvalue weighted by molar-refractivity contribution is 0.0786. The lowest BCUT2D eigenvalue weighted by Gasteiger charge is -2.17. The van der Waals surface area contributed by atoms with Crippen LogP contribution in [0.4, 0.5) is 0 Å². The monoisotopic (exact) mass is 358 g/mol. The highest BCUT2D eigenvalue weighted by atomic mass is 35.5. The maximum Gasteiger partial charge on any atom is 0.253 e. The molecular formula is C20H23ClN2O2. The third kappa shape index (κ3) is 4.09. The van der Waals surface area contributed by atoms with Gasteiger partial charge in [-0.05, 0) is 37.1 Å². The van der Waals surface area contributed by atoms with Gasteiger partial charge in [0.2, 0.25) is 0 Å². The van der Waals surface area contributed by atoms with Crippen LogP contribution in [0.1, 0.15) is 39.1 Å². The Hall–Kier alpha value is -2.17. The van der Waals surface area contributed by atoms with Crippen LogP contribution in [-0.2, 0) is 0 Å². The van der Waals surface area contributed by atoms with Crippen molar-refractivity contribution in [3.05, 3.63) is 71.3 Å². The van der Waals surface area contributed by atoms with Crippen molar-refractivity contribution < 1.29 is 9.59 Å². The number of hydrogen-bond donors (Lipinski definition) is 1. The molecule has 1 aliphatic heterocycles. The maximum atomic E-state index is 12.8. The number of likely N-dealkylation sites (tertiary alicyclic amines) is 1. The first-order valence-electron chi connectivity index (χ1n) is 8.25. The van der Waals surface area contributed by atoms with Crippen LogP contribution >= 0.6 is 12.4 Å². The van der Waals surface area contributed by atoms with E-state index in [1.807, 2.05) is 23.1 Å². The van der Waals surface area contributed by atoms with Gasteiger partial charge in [0, 0.05) is 30.1 Å². The molecule has 1 amide bonds. The molecule has 0 bridgehead atoms. The van der Waals surface area contributed by atoms with E-state index >= 15 is 0 Å². The number of benzene rings is 2. The highest BCUT2D eigenvalue weighted by Gasteiger charge is 2.35. The molecular weight excluding hydrogens is 336 g/mol. The first kappa shape index (κ1) is 19.2. The topological polar surface area (TPSA) is 63.4 Å². The Labute approximate surface area is 154 Å². The zero-order valence-electron chi connectivity index (χ0n) is 14.2. The predicted molar refractivity (Wildman–Crippen MR) is 101 cm³/mol. The summed E-state index contributed by atoms with van der Waals surface area (Å²) >= 11 is 0. The Morgan fingerprint density at radius 1 is 1.00 bits per heavy atom. The number of rotatable bonds is 4. The molecule has 2 N–H and O–H groups in total. The fraction of sp³-hybridized carbons (Fsp3) is 0.300. The summed E-state index contributed by atoms with van der Waals surface area (Å²) in [4.78, 5) is 26.0. The second-order valence-electron chi connectivity index (χ2n) is 6.36. The van der Waals surface area contributed by atoms with Crippen molar-refractivity contribution in [2.24, 2.45) is 11.7 Å². The molecule has 4 nitrogen and oxygen atoms in total. The second kappa shape index (κ2) is 8.28. The summed E-state index contributed by atoms with van der Waals surface area (Å²) in [5.41, 5.74) is 8.41. The van der Waals surface area contributed by atoms with Crippen LogP contribution in [0.15, 0.2) is 54.6 Å². The van der Waals surface area contributed by atoms with E-state index in [2.05, 4.69) is 12.1 Å². The number of carbonyl (C=O) groups is 2. The third-order valence-corrected chi connectivity index (χ3v) is 4.80. The molecule has 1 heterocycles. The highest BCUT2D eigenvalue weighted by Crippen LogP contribution is 2.32. The third-order valence-electron chi connectivity index (χ3n) is 4.80. The van der Waals surface area contributed by atoms with Crippen LogP contribution in [0.2, 0.25) is 0 Å². The molecule has 0 radical (unpaired) electrons. The normalized spacial score (nSPS) is 19.4. The summed E-state index contributed by atoms with van der Waals surface area (Å²) < 4.78 is 0. The minimum atomic E-state index is 0. The van der Waals surface area contributed by atoms with Crippen LogP contribution in [0.25, 0.3) is 0 Å². The summed E-state index contributed by atoms with van der Waals surface area (Å²) in [5.74, 6) is 0.550. The number of ketones is 1. The van der Waals surface area contributed by atoms with E-state index < -0.39 is 0 Å². The van der Waals surface area contributed by atoms with Crippen LogP contribution in [0.3, 0.4) is 0 Å². The Morgan fingerprint density at radius 2 is 1.60 bits per heavy atom. The van der Waals surface area contributed by atoms with Crippen molar-refractivity contribution in [2.45, 2.75) is 12.8 Å². The van der Waals surface area contributed by atoms with E-state index in [0.29, 0.717) is 30.8 Å². The largest absolute Gasteiger partial charge is 0.338 e. The number of carbonyl (C=O) groups excluding carboxylic acids is 2. The van der Waals surface area contributed by atoms with Gasteiger partial charge in [0.05, 0.1) is 0 Å². The molecule has 0 spiro atoms. The molecule has 1 saturated heterocycles. The standard InChI is InChI=1S/C20H22N2O2.ClH/c1-14(23)15-7-9-17(10-8-15)20(24)22-12-18(11-21)19(13-22)16-5-3-2-4-6-16;/h2-10,18-19H,11-13,21H2,1H3;1H/t18-,19+;/m1./s1. The Kier molecular flexibility index (Phi) is 6.34. The van der Waals surface area contributed by atoms with Gasteiger partial charge in [0.1, 0.15) is 0 Å². The highest BCUT2D eigenvalue weighted by molar-refractivity contribution is 5.97. The van der Waals surface area contributed by atoms with E-state index in [4.69, 9.17) is 5.73 Å². The van der Waals surface area contributed by atoms with Crippen molar-refractivity contribution in [2.75, 3.05) is 19.6 Å². The maximum absolute atomic E-state index is 12.8. The average molecular weight is 359 g/mol. The minimum absolute atomic E-state index is 0. The lowest BCUT2D eigenvalue weighted by atomic mass is 9.89. The first-order chi connectivity index (χ1) is 11.6. The predicted octanol–water partition coefficient (Wildman–Crippen LogP) is 3.13. The Balaban J connectivity index is 0.00000225. The van der Waals surface area contributed by atoms with E-state index in [1.165, 1.54) is 12.5 Å². The van der Waals surface area contributed by atoms with E-state index in [-0.39, 0.29) is 35.9 Å². The number of nitrogens with zero attached hydrogens (tertiary/aromatic N) is 1. The number of halogens is 1. The summed E-state index contributed by atoms with van der Waals surface area (Å²) in [7, 11) is 0. The number of nitrogens with two attached hydrogens (primary N) is 1. The Morgan fingerprint density at radius 3 is 2.16 bits per heavy atom. The van der Waals surface area contributed by atoms with Gasteiger partial charge < -0.3 is 10.6 Å². The summed E-state index contributed by atoms with van der Waals surface area (Å²) in [6, 6.07) is 17.1. The lowest BCUT2D eigenvalue weighted by Crippen LogP contribution is -2.29. The number of hydrogen-bond acceptors (Lipinski definition) is 3. The summed E-state index contributed by atoms with van der Waals surface area (Å²) in [6.45, 7) is 3.43. The zero-order valence-corrected chi connectivity index (χ0v) is 15.0. The zero-order chi connectivity index (χ0) is 17.1. The fourth-order valence-corrected chi connectivity index (χ4v) is 3.38. The van der Waals surface area contributed by atoms with Crippen molar-refractivity contribution in [3.63, 3.8) is 0 Å². The van der Waals surface area contributed by atoms with Gasteiger partial charge in [0.15, 0.2) is 5.78 Å². The van der Waals surface area contributed by atoms with Crippen LogP contribution in [-0.4, -0.2) is 36.2 Å². The molecule has 0 aromatic heterocycles. The van der Waals surface area contributed by atoms with Gasteiger partial charge >= 0.3 is 0 Å². The molecule has 0 unspecified atom stereocenters. The molecule has 2 aromatic rings. The molecule has 2 aromatic carbocycles. The molecule has 1 fully saturated rings. The van der Waals surface area contributed by atoms with Crippen LogP contribution in [0.5, 0.6) is 0 Å². The molecule has 0 aliphatic carbocycles. The van der Waals surface area contributed by atoms with Crippen molar-refractivity contribution in [1.82, 2.24) is 4.90 Å². The van der Waals surface area contributed by atoms with Crippen LogP contribution in [0, 0.1) is 5.92 Å². The van der Waals surface area contributed by atoms with Gasteiger partial charge in [-0.15, -0.1) is 12.4 Å². The summed E-state index contributed by atoms with van der Waals surface area (Å²) in [6.07, 6.45) is 0. The number of Topliss-reactive ketones (excluding diaryl/α,β-unsaturated/α-hetero) is 1. The van der Waals surface area contributed by atoms with Gasteiger partial charge in [-0.3, -0.25) is 9.59 Å². The first-order valence-corrected chi connectivity index (χ1v) is 8.25. The van der Waals surface area contributed by atoms with E-state index in [0.717, 1.165) is 0 Å². The van der Waals surface area contributed by atoms with Crippen molar-refractivity contribution in [1.29, 1.82) is 0 Å². The molecule has 2 atom stereocenters. The molecule has 5 heteroatoms. The van der Waals surface area contributed by atoms with E-state index in [9.17, 15) is 9.59 Å². The molecule has 0 saturated carbocycles. The molecule has 25 heavy (non-hydrogen) atoms. The average Bonchev–Trinajstić information content (AvgIpc) is 3.06. The molecule has 132 valence electrons. The van der Waals surface area contributed by atoms with Crippen molar-refractivity contribution >= 4 is 24.1 Å². The minimum Gasteiger partial charge on any atom is -0.338 e. The quantitative estimate of drug-likeness (QED) is 0.854. The van der Waals surface area contributed by atoms with Gasteiger partial charge in [-0.1, -0.05) is 42.5 Å². The smallest absolute Gasteiger partial charge is 0.253 e. The van der Waals surface area contributed by atoms with Crippen molar-refractivity contribution in [3.8, 4) is 0 Å². The number of amides is 1. The van der Waals surface area contributed by atoms with Gasteiger partial charge in [-0.2, -0.15) is 0 Å². The van der Waals surface area contributed by atoms with Gasteiger partial charge in [0.25, 0.3) is 5.91 Å². The van der Waals surface area contributed by atoms with Gasteiger partial charge in [-0.25, -0.2) is 0 Å². The molecule has 1 aliphatic rings. The second-order valence-corrected chi connectivity index (χ2v) is 6.36. The SMILES string of the molecule is CC(=O)c1ccc(C(=O)N2C[C@@H](CN)[C@H](c3ccccc3)C2)cc1.Cl.